The number of nitrogens with zero attached hydrogens (tertiary/aromatic N) is 1. The van der Waals surface area contributed by atoms with Gasteiger partial charge in [0.2, 0.25) is 5.88 Å². The minimum Gasteiger partial charge on any atom is -0.497 e. The fraction of sp³-hybridized carbons (Fsp3) is 0.154. The SMILES string of the molecule is COc1ccc(C2C(C#N)=C(N)Oc3cc(OC(=O)C(C)Oc4ccc(F)cc4)ccc32)cc1. The maximum Gasteiger partial charge on any atom is 0.352 e. The second-order valence-electron chi connectivity index (χ2n) is 7.53. The van der Waals surface area contributed by atoms with Crippen LogP contribution in [-0.2, 0) is 4.79 Å². The average Bonchev–Trinajstić information content (AvgIpc) is 2.84. The topological polar surface area (TPSA) is 104 Å². The third-order valence-electron chi connectivity index (χ3n) is 5.32. The first-order valence-corrected chi connectivity index (χ1v) is 10.4. The molecule has 0 aliphatic carbocycles. The van der Waals surface area contributed by atoms with Gasteiger partial charge in [-0.1, -0.05) is 18.2 Å². The molecule has 3 aromatic rings. The smallest absolute Gasteiger partial charge is 0.352 e. The van der Waals surface area contributed by atoms with E-state index in [2.05, 4.69) is 6.07 Å². The molecule has 2 atom stereocenters. The quantitative estimate of drug-likeness (QED) is 0.429. The number of hydrogen-bond acceptors (Lipinski definition) is 7. The molecule has 0 bridgehead atoms. The van der Waals surface area contributed by atoms with Crippen molar-refractivity contribution in [3.05, 3.63) is 95.1 Å². The van der Waals surface area contributed by atoms with Gasteiger partial charge in [-0.15, -0.1) is 0 Å². The molecule has 0 fully saturated rings. The highest BCUT2D eigenvalue weighted by atomic mass is 19.1. The Morgan fingerprint density at radius 1 is 1.06 bits per heavy atom. The van der Waals surface area contributed by atoms with Crippen LogP contribution in [-0.4, -0.2) is 19.2 Å². The monoisotopic (exact) mass is 460 g/mol. The van der Waals surface area contributed by atoms with E-state index in [1.165, 1.54) is 37.3 Å². The highest BCUT2D eigenvalue weighted by Crippen LogP contribution is 2.43. The molecule has 34 heavy (non-hydrogen) atoms. The zero-order chi connectivity index (χ0) is 24.2. The molecule has 8 heteroatoms. The largest absolute Gasteiger partial charge is 0.497 e. The first-order valence-electron chi connectivity index (χ1n) is 10.4. The normalized spacial score (nSPS) is 15.4. The summed E-state index contributed by atoms with van der Waals surface area (Å²) in [5.74, 6) is 0.0901. The van der Waals surface area contributed by atoms with Crippen LogP contribution in [0, 0.1) is 17.1 Å². The Morgan fingerprint density at radius 3 is 2.35 bits per heavy atom. The molecule has 0 radical (unpaired) electrons. The number of allylic oxidation sites excluding steroid dienone is 1. The van der Waals surface area contributed by atoms with E-state index in [1.54, 1.807) is 31.4 Å². The minimum absolute atomic E-state index is 0.0210. The summed E-state index contributed by atoms with van der Waals surface area (Å²) in [5.41, 5.74) is 7.85. The van der Waals surface area contributed by atoms with E-state index < -0.39 is 23.8 Å². The molecule has 0 aromatic heterocycles. The van der Waals surface area contributed by atoms with E-state index in [0.29, 0.717) is 22.8 Å². The van der Waals surface area contributed by atoms with E-state index >= 15 is 0 Å². The lowest BCUT2D eigenvalue weighted by Crippen LogP contribution is -2.28. The number of benzene rings is 3. The van der Waals surface area contributed by atoms with Crippen molar-refractivity contribution in [2.75, 3.05) is 7.11 Å². The summed E-state index contributed by atoms with van der Waals surface area (Å²) in [6.45, 7) is 1.53. The van der Waals surface area contributed by atoms with Crippen LogP contribution in [0.4, 0.5) is 4.39 Å². The van der Waals surface area contributed by atoms with Crippen LogP contribution in [0.1, 0.15) is 24.0 Å². The molecule has 1 aliphatic rings. The van der Waals surface area contributed by atoms with Crippen LogP contribution >= 0.6 is 0 Å². The molecule has 2 unspecified atom stereocenters. The molecule has 4 rings (SSSR count). The molecule has 0 saturated heterocycles. The number of nitrogens with two attached hydrogens (primary N) is 1. The number of halogens is 1. The van der Waals surface area contributed by atoms with Crippen LogP contribution in [0.5, 0.6) is 23.0 Å². The van der Waals surface area contributed by atoms with Crippen LogP contribution in [0.2, 0.25) is 0 Å². The summed E-state index contributed by atoms with van der Waals surface area (Å²) in [6, 6.07) is 19.6. The van der Waals surface area contributed by atoms with Gasteiger partial charge in [0.25, 0.3) is 0 Å². The Balaban J connectivity index is 1.56. The highest BCUT2D eigenvalue weighted by molar-refractivity contribution is 5.77. The number of rotatable bonds is 6. The number of carbonyl (C=O) groups excluding carboxylic acids is 1. The fourth-order valence-corrected chi connectivity index (χ4v) is 3.60. The average molecular weight is 460 g/mol. The molecule has 3 aromatic carbocycles. The number of carbonyl (C=O) groups is 1. The maximum atomic E-state index is 13.1. The standard InChI is InChI=1S/C26H21FN2O5/c1-15(32-19-9-5-17(27)6-10-19)26(30)33-20-11-12-21-23(13-20)34-25(29)22(14-28)24(21)16-3-7-18(31-2)8-4-16/h3-13,15,24H,29H2,1-2H3. The number of esters is 1. The van der Waals surface area contributed by atoms with E-state index in [1.807, 2.05) is 12.1 Å². The lowest BCUT2D eigenvalue weighted by Gasteiger charge is -2.27. The van der Waals surface area contributed by atoms with Crippen LogP contribution < -0.4 is 24.7 Å². The molecule has 0 amide bonds. The van der Waals surface area contributed by atoms with Crippen molar-refractivity contribution < 1.29 is 28.1 Å². The van der Waals surface area contributed by atoms with E-state index in [-0.39, 0.29) is 17.2 Å². The van der Waals surface area contributed by atoms with Crippen molar-refractivity contribution >= 4 is 5.97 Å². The van der Waals surface area contributed by atoms with Gasteiger partial charge in [-0.2, -0.15) is 5.26 Å². The van der Waals surface area contributed by atoms with Gasteiger partial charge in [-0.3, -0.25) is 0 Å². The molecule has 172 valence electrons. The Kier molecular flexibility index (Phi) is 6.37. The van der Waals surface area contributed by atoms with Gasteiger partial charge in [-0.05, 0) is 55.0 Å². The Bertz CT molecular complexity index is 1280. The van der Waals surface area contributed by atoms with Crippen molar-refractivity contribution in [3.63, 3.8) is 0 Å². The van der Waals surface area contributed by atoms with Gasteiger partial charge < -0.3 is 24.7 Å². The Hall–Kier alpha value is -4.51. The number of ether oxygens (including phenoxy) is 4. The third-order valence-corrected chi connectivity index (χ3v) is 5.32. The zero-order valence-electron chi connectivity index (χ0n) is 18.4. The predicted molar refractivity (Wildman–Crippen MR) is 121 cm³/mol. The zero-order valence-corrected chi connectivity index (χ0v) is 18.4. The van der Waals surface area contributed by atoms with E-state index in [9.17, 15) is 14.4 Å². The van der Waals surface area contributed by atoms with Gasteiger partial charge in [0.15, 0.2) is 6.10 Å². The summed E-state index contributed by atoms with van der Waals surface area (Å²) in [4.78, 5) is 12.5. The van der Waals surface area contributed by atoms with Crippen LogP contribution in [0.25, 0.3) is 0 Å². The molecular formula is C26H21FN2O5. The number of fused-ring (bicyclic) bond motifs is 1. The highest BCUT2D eigenvalue weighted by Gasteiger charge is 2.31. The third kappa shape index (κ3) is 4.64. The molecular weight excluding hydrogens is 439 g/mol. The maximum absolute atomic E-state index is 13.1. The van der Waals surface area contributed by atoms with Crippen molar-refractivity contribution in [1.82, 2.24) is 0 Å². The second-order valence-corrected chi connectivity index (χ2v) is 7.53. The van der Waals surface area contributed by atoms with E-state index in [0.717, 1.165) is 5.56 Å². The van der Waals surface area contributed by atoms with Gasteiger partial charge in [0, 0.05) is 11.6 Å². The lowest BCUT2D eigenvalue weighted by atomic mass is 9.83. The molecule has 1 aliphatic heterocycles. The first kappa shape index (κ1) is 22.7. The number of methoxy groups -OCH3 is 1. The molecule has 7 nitrogen and oxygen atoms in total. The Labute approximate surface area is 195 Å². The summed E-state index contributed by atoms with van der Waals surface area (Å²) < 4.78 is 34.9. The molecule has 2 N–H and O–H groups in total. The molecule has 0 spiro atoms. The van der Waals surface area contributed by atoms with Crippen molar-refractivity contribution in [3.8, 4) is 29.1 Å². The minimum atomic E-state index is -0.940. The molecule has 1 heterocycles. The van der Waals surface area contributed by atoms with Crippen molar-refractivity contribution in [2.45, 2.75) is 18.9 Å². The van der Waals surface area contributed by atoms with Crippen molar-refractivity contribution in [1.29, 1.82) is 5.26 Å². The van der Waals surface area contributed by atoms with Crippen molar-refractivity contribution in [2.24, 2.45) is 5.73 Å². The van der Waals surface area contributed by atoms with Crippen LogP contribution in [0.15, 0.2) is 78.2 Å². The predicted octanol–water partition coefficient (Wildman–Crippen LogP) is 4.43. The second kappa shape index (κ2) is 9.55. The number of nitriles is 1. The van der Waals surface area contributed by atoms with Crippen LogP contribution in [0.3, 0.4) is 0 Å². The van der Waals surface area contributed by atoms with Gasteiger partial charge in [0.1, 0.15) is 40.5 Å². The summed E-state index contributed by atoms with van der Waals surface area (Å²) in [5, 5.41) is 9.69. The van der Waals surface area contributed by atoms with Gasteiger partial charge in [-0.25, -0.2) is 9.18 Å². The summed E-state index contributed by atoms with van der Waals surface area (Å²) in [6.07, 6.45) is -0.940. The summed E-state index contributed by atoms with van der Waals surface area (Å²) >= 11 is 0. The Morgan fingerprint density at radius 2 is 1.71 bits per heavy atom. The van der Waals surface area contributed by atoms with Gasteiger partial charge >= 0.3 is 5.97 Å². The summed E-state index contributed by atoms with van der Waals surface area (Å²) in [7, 11) is 1.58. The first-order chi connectivity index (χ1) is 16.4. The number of hydrogen-bond donors (Lipinski definition) is 1. The lowest BCUT2D eigenvalue weighted by molar-refractivity contribution is -0.141. The van der Waals surface area contributed by atoms with E-state index in [4.69, 9.17) is 24.7 Å². The molecule has 0 saturated carbocycles. The fourth-order valence-electron chi connectivity index (χ4n) is 3.60. The van der Waals surface area contributed by atoms with Gasteiger partial charge in [0.05, 0.1) is 13.0 Å².